The molecule has 3 aromatic rings. The van der Waals surface area contributed by atoms with Gasteiger partial charge in [-0.25, -0.2) is 0 Å². The maximum Gasteiger partial charge on any atom is 0.0602 e. The number of fused-ring (bicyclic) bond motifs is 1. The maximum atomic E-state index is 6.07. The van der Waals surface area contributed by atoms with Crippen molar-refractivity contribution in [3.63, 3.8) is 0 Å². The van der Waals surface area contributed by atoms with Crippen LogP contribution in [0.5, 0.6) is 0 Å². The fourth-order valence-electron chi connectivity index (χ4n) is 2.47. The van der Waals surface area contributed by atoms with Gasteiger partial charge in [0, 0.05) is 11.1 Å². The minimum Gasteiger partial charge on any atom is -0.397 e. The van der Waals surface area contributed by atoms with Crippen LogP contribution in [0, 0.1) is 6.92 Å². The van der Waals surface area contributed by atoms with Crippen molar-refractivity contribution in [2.75, 3.05) is 5.73 Å². The smallest absolute Gasteiger partial charge is 0.0602 e. The van der Waals surface area contributed by atoms with Crippen LogP contribution in [-0.4, -0.2) is 4.98 Å². The predicted octanol–water partition coefficient (Wildman–Crippen LogP) is 4.31. The predicted molar refractivity (Wildman–Crippen MR) is 86.6 cm³/mol. The molecule has 0 spiro atoms. The van der Waals surface area contributed by atoms with E-state index in [1.54, 1.807) is 0 Å². The molecule has 2 nitrogen and oxygen atoms in total. The minimum atomic E-state index is 0.846. The average molecular weight is 262 g/mol. The quantitative estimate of drug-likeness (QED) is 0.725. The zero-order chi connectivity index (χ0) is 13.9. The largest absolute Gasteiger partial charge is 0.397 e. The number of nitrogens with one attached hydrogen (secondary N) is 1. The standard InChI is InChI=1S/C18H18N2/c1-13-17(19)16-12-6-11-15(18(16)20-13)10-5-9-14-7-3-2-4-8-14/h2-8,10-12,20H,9,19H2,1H3. The third-order valence-corrected chi connectivity index (χ3v) is 3.60. The fraction of sp³-hybridized carbons (Fsp3) is 0.111. The van der Waals surface area contributed by atoms with E-state index >= 15 is 0 Å². The van der Waals surface area contributed by atoms with Gasteiger partial charge in [-0.1, -0.05) is 60.7 Å². The Labute approximate surface area is 118 Å². The van der Waals surface area contributed by atoms with E-state index in [0.29, 0.717) is 0 Å². The molecule has 3 N–H and O–H groups in total. The molecule has 0 aliphatic rings. The van der Waals surface area contributed by atoms with Gasteiger partial charge in [0.2, 0.25) is 0 Å². The minimum absolute atomic E-state index is 0.846. The molecule has 0 atom stereocenters. The van der Waals surface area contributed by atoms with Gasteiger partial charge in [-0.2, -0.15) is 0 Å². The summed E-state index contributed by atoms with van der Waals surface area (Å²) in [4.78, 5) is 3.37. The molecular formula is C18H18N2. The Hall–Kier alpha value is -2.48. The van der Waals surface area contributed by atoms with Crippen molar-refractivity contribution in [2.24, 2.45) is 0 Å². The molecule has 0 unspecified atom stereocenters. The van der Waals surface area contributed by atoms with E-state index in [-0.39, 0.29) is 0 Å². The number of aromatic nitrogens is 1. The maximum absolute atomic E-state index is 6.07. The molecule has 0 fully saturated rings. The van der Waals surface area contributed by atoms with E-state index in [1.165, 1.54) is 11.1 Å². The number of anilines is 1. The summed E-state index contributed by atoms with van der Waals surface area (Å²) in [6.45, 7) is 2.01. The molecule has 0 saturated carbocycles. The van der Waals surface area contributed by atoms with Crippen molar-refractivity contribution in [3.05, 3.63) is 71.4 Å². The van der Waals surface area contributed by atoms with Gasteiger partial charge in [0.1, 0.15) is 0 Å². The third kappa shape index (κ3) is 2.32. The van der Waals surface area contributed by atoms with Crippen LogP contribution in [0.4, 0.5) is 5.69 Å². The van der Waals surface area contributed by atoms with Crippen LogP contribution in [0.2, 0.25) is 0 Å². The Kier molecular flexibility index (Phi) is 3.30. The monoisotopic (exact) mass is 262 g/mol. The highest BCUT2D eigenvalue weighted by Gasteiger charge is 2.06. The van der Waals surface area contributed by atoms with Gasteiger partial charge in [0.25, 0.3) is 0 Å². The normalized spacial score (nSPS) is 11.4. The summed E-state index contributed by atoms with van der Waals surface area (Å²) in [5, 5.41) is 1.10. The molecule has 0 radical (unpaired) electrons. The van der Waals surface area contributed by atoms with Crippen molar-refractivity contribution in [1.29, 1.82) is 0 Å². The number of rotatable bonds is 3. The highest BCUT2D eigenvalue weighted by molar-refractivity contribution is 5.97. The summed E-state index contributed by atoms with van der Waals surface area (Å²) in [7, 11) is 0. The Bertz CT molecular complexity index is 752. The van der Waals surface area contributed by atoms with Gasteiger partial charge in [-0.05, 0) is 24.5 Å². The zero-order valence-corrected chi connectivity index (χ0v) is 11.6. The van der Waals surface area contributed by atoms with Gasteiger partial charge in [-0.15, -0.1) is 0 Å². The first kappa shape index (κ1) is 12.5. The number of nitrogen functional groups attached to an aromatic ring is 1. The molecule has 100 valence electrons. The topological polar surface area (TPSA) is 41.8 Å². The van der Waals surface area contributed by atoms with Crippen LogP contribution in [-0.2, 0) is 6.42 Å². The van der Waals surface area contributed by atoms with E-state index in [1.807, 2.05) is 19.1 Å². The highest BCUT2D eigenvalue weighted by atomic mass is 14.8. The zero-order valence-electron chi connectivity index (χ0n) is 11.6. The van der Waals surface area contributed by atoms with E-state index in [9.17, 15) is 0 Å². The van der Waals surface area contributed by atoms with Crippen LogP contribution in [0.25, 0.3) is 17.0 Å². The molecule has 2 heteroatoms. The first-order valence-corrected chi connectivity index (χ1v) is 6.83. The molecule has 3 rings (SSSR count). The number of para-hydroxylation sites is 1. The second-order valence-electron chi connectivity index (χ2n) is 5.03. The van der Waals surface area contributed by atoms with Crippen LogP contribution in [0.3, 0.4) is 0 Å². The van der Waals surface area contributed by atoms with Gasteiger partial charge < -0.3 is 10.7 Å². The second kappa shape index (κ2) is 5.25. The van der Waals surface area contributed by atoms with E-state index in [2.05, 4.69) is 53.5 Å². The summed E-state index contributed by atoms with van der Waals surface area (Å²) < 4.78 is 0. The molecule has 20 heavy (non-hydrogen) atoms. The second-order valence-corrected chi connectivity index (χ2v) is 5.03. The van der Waals surface area contributed by atoms with E-state index in [0.717, 1.165) is 28.7 Å². The van der Waals surface area contributed by atoms with Crippen molar-refractivity contribution in [3.8, 4) is 0 Å². The Balaban J connectivity index is 1.89. The lowest BCUT2D eigenvalue weighted by Gasteiger charge is -1.98. The molecule has 0 aliphatic carbocycles. The fourth-order valence-corrected chi connectivity index (χ4v) is 2.47. The number of aryl methyl sites for hydroxylation is 1. The first-order valence-electron chi connectivity index (χ1n) is 6.83. The van der Waals surface area contributed by atoms with Crippen molar-refractivity contribution in [1.82, 2.24) is 4.98 Å². The van der Waals surface area contributed by atoms with Crippen LogP contribution < -0.4 is 5.73 Å². The number of hydrogen-bond acceptors (Lipinski definition) is 1. The summed E-state index contributed by atoms with van der Waals surface area (Å²) in [5.74, 6) is 0. The molecule has 0 amide bonds. The molecule has 2 aromatic carbocycles. The van der Waals surface area contributed by atoms with Crippen LogP contribution >= 0.6 is 0 Å². The van der Waals surface area contributed by atoms with E-state index < -0.39 is 0 Å². The number of aromatic amines is 1. The van der Waals surface area contributed by atoms with Gasteiger partial charge in [-0.3, -0.25) is 0 Å². The molecular weight excluding hydrogens is 244 g/mol. The summed E-state index contributed by atoms with van der Waals surface area (Å²) in [5.41, 5.74) is 11.6. The molecule has 0 saturated heterocycles. The summed E-state index contributed by atoms with van der Waals surface area (Å²) >= 11 is 0. The number of allylic oxidation sites excluding steroid dienone is 1. The van der Waals surface area contributed by atoms with Crippen LogP contribution in [0.1, 0.15) is 16.8 Å². The lowest BCUT2D eigenvalue weighted by atomic mass is 10.1. The number of hydrogen-bond donors (Lipinski definition) is 2. The average Bonchev–Trinajstić information content (AvgIpc) is 2.77. The summed E-state index contributed by atoms with van der Waals surface area (Å²) in [6, 6.07) is 16.7. The number of H-pyrrole nitrogens is 1. The molecule has 1 aromatic heterocycles. The molecule has 0 aliphatic heterocycles. The van der Waals surface area contributed by atoms with Gasteiger partial charge in [0.05, 0.1) is 11.2 Å². The lowest BCUT2D eigenvalue weighted by molar-refractivity contribution is 1.28. The highest BCUT2D eigenvalue weighted by Crippen LogP contribution is 2.27. The SMILES string of the molecule is Cc1[nH]c2c(C=CCc3ccccc3)cccc2c1N. The van der Waals surface area contributed by atoms with Crippen LogP contribution in [0.15, 0.2) is 54.6 Å². The third-order valence-electron chi connectivity index (χ3n) is 3.60. The Morgan fingerprint density at radius 3 is 2.65 bits per heavy atom. The van der Waals surface area contributed by atoms with Gasteiger partial charge >= 0.3 is 0 Å². The summed E-state index contributed by atoms with van der Waals surface area (Å²) in [6.07, 6.45) is 5.29. The van der Waals surface area contributed by atoms with Crippen molar-refractivity contribution < 1.29 is 0 Å². The Morgan fingerprint density at radius 1 is 1.05 bits per heavy atom. The number of benzene rings is 2. The van der Waals surface area contributed by atoms with Gasteiger partial charge in [0.15, 0.2) is 0 Å². The Morgan fingerprint density at radius 2 is 1.85 bits per heavy atom. The van der Waals surface area contributed by atoms with E-state index in [4.69, 9.17) is 5.73 Å². The molecule has 1 heterocycles. The first-order chi connectivity index (χ1) is 9.75. The number of nitrogens with two attached hydrogens (primary N) is 1. The lowest BCUT2D eigenvalue weighted by Crippen LogP contribution is -1.84. The van der Waals surface area contributed by atoms with Crippen molar-refractivity contribution >= 4 is 22.7 Å². The van der Waals surface area contributed by atoms with Crippen molar-refractivity contribution in [2.45, 2.75) is 13.3 Å². The molecule has 0 bridgehead atoms.